The molecule has 0 saturated heterocycles. The molecule has 2 amide bonds. The van der Waals surface area contributed by atoms with Gasteiger partial charge in [-0.1, -0.05) is 20.8 Å². The van der Waals surface area contributed by atoms with E-state index in [2.05, 4.69) is 15.5 Å². The summed E-state index contributed by atoms with van der Waals surface area (Å²) in [7, 11) is 2.03. The second-order valence-corrected chi connectivity index (χ2v) is 6.25. The summed E-state index contributed by atoms with van der Waals surface area (Å²) in [4.78, 5) is 25.0. The standard InChI is InChI=1S/C13H25N3O3/c1-13(2,3)10(11(17)18)15-12(19)14-7-8-16(4)9-5-6-9/h9-10H,5-8H2,1-4H3,(H,17,18)(H2,14,15,19)/t10-/m1/s1. The van der Waals surface area contributed by atoms with Gasteiger partial charge in [0.25, 0.3) is 0 Å². The Morgan fingerprint density at radius 3 is 2.37 bits per heavy atom. The Kier molecular flexibility index (Phi) is 5.17. The van der Waals surface area contributed by atoms with Gasteiger partial charge in [-0.2, -0.15) is 0 Å². The van der Waals surface area contributed by atoms with E-state index in [4.69, 9.17) is 5.11 Å². The fourth-order valence-electron chi connectivity index (χ4n) is 1.87. The van der Waals surface area contributed by atoms with Gasteiger partial charge in [0.05, 0.1) is 0 Å². The molecule has 1 atom stereocenters. The number of carboxylic acids is 1. The molecule has 1 rings (SSSR count). The van der Waals surface area contributed by atoms with Crippen LogP contribution in [0.5, 0.6) is 0 Å². The predicted octanol–water partition coefficient (Wildman–Crippen LogP) is 0.879. The number of hydrogen-bond acceptors (Lipinski definition) is 3. The van der Waals surface area contributed by atoms with Crippen molar-refractivity contribution in [2.45, 2.75) is 45.7 Å². The zero-order valence-corrected chi connectivity index (χ0v) is 12.2. The van der Waals surface area contributed by atoms with E-state index in [1.807, 2.05) is 7.05 Å². The molecular formula is C13H25N3O3. The number of urea groups is 1. The van der Waals surface area contributed by atoms with E-state index < -0.39 is 23.5 Å². The summed E-state index contributed by atoms with van der Waals surface area (Å²) in [5.41, 5.74) is -0.520. The van der Waals surface area contributed by atoms with E-state index >= 15 is 0 Å². The molecule has 1 aliphatic carbocycles. The summed E-state index contributed by atoms with van der Waals surface area (Å²) < 4.78 is 0. The molecule has 6 nitrogen and oxygen atoms in total. The molecule has 0 bridgehead atoms. The van der Waals surface area contributed by atoms with Crippen LogP contribution in [0.3, 0.4) is 0 Å². The van der Waals surface area contributed by atoms with E-state index in [0.29, 0.717) is 12.6 Å². The molecule has 0 aromatic rings. The highest BCUT2D eigenvalue weighted by Crippen LogP contribution is 2.24. The van der Waals surface area contributed by atoms with Gasteiger partial charge in [0.1, 0.15) is 6.04 Å². The largest absolute Gasteiger partial charge is 0.480 e. The van der Waals surface area contributed by atoms with Crippen molar-refractivity contribution in [3.63, 3.8) is 0 Å². The highest BCUT2D eigenvalue weighted by Gasteiger charge is 2.32. The second kappa shape index (κ2) is 6.23. The average molecular weight is 271 g/mol. The minimum Gasteiger partial charge on any atom is -0.480 e. The lowest BCUT2D eigenvalue weighted by molar-refractivity contribution is -0.141. The van der Waals surface area contributed by atoms with Crippen LogP contribution in [0.1, 0.15) is 33.6 Å². The van der Waals surface area contributed by atoms with Crippen molar-refractivity contribution in [3.05, 3.63) is 0 Å². The third kappa shape index (κ3) is 5.46. The zero-order valence-electron chi connectivity index (χ0n) is 12.2. The molecule has 0 spiro atoms. The van der Waals surface area contributed by atoms with Crippen LogP contribution in [0.25, 0.3) is 0 Å². The van der Waals surface area contributed by atoms with Gasteiger partial charge in [-0.05, 0) is 25.3 Å². The van der Waals surface area contributed by atoms with Crippen molar-refractivity contribution in [3.8, 4) is 0 Å². The fourth-order valence-corrected chi connectivity index (χ4v) is 1.87. The number of carboxylic acid groups (broad SMARTS) is 1. The summed E-state index contributed by atoms with van der Waals surface area (Å²) in [5.74, 6) is -1.02. The van der Waals surface area contributed by atoms with Gasteiger partial charge in [0, 0.05) is 19.1 Å². The summed E-state index contributed by atoms with van der Waals surface area (Å²) in [6.45, 7) is 6.66. The lowest BCUT2D eigenvalue weighted by atomic mass is 9.87. The Balaban J connectivity index is 2.30. The number of rotatable bonds is 6. The molecule has 0 unspecified atom stereocenters. The Morgan fingerprint density at radius 1 is 1.37 bits per heavy atom. The van der Waals surface area contributed by atoms with Gasteiger partial charge in [-0.25, -0.2) is 9.59 Å². The number of amides is 2. The second-order valence-electron chi connectivity index (χ2n) is 6.25. The topological polar surface area (TPSA) is 81.7 Å². The first-order chi connectivity index (χ1) is 8.71. The van der Waals surface area contributed by atoms with Crippen molar-refractivity contribution < 1.29 is 14.7 Å². The van der Waals surface area contributed by atoms with Crippen molar-refractivity contribution in [1.29, 1.82) is 0 Å². The minimum atomic E-state index is -1.02. The van der Waals surface area contributed by atoms with E-state index in [9.17, 15) is 9.59 Å². The lowest BCUT2D eigenvalue weighted by Crippen LogP contribution is -2.52. The molecule has 19 heavy (non-hydrogen) atoms. The van der Waals surface area contributed by atoms with Crippen LogP contribution in [0, 0.1) is 5.41 Å². The summed E-state index contributed by atoms with van der Waals surface area (Å²) in [5, 5.41) is 14.3. The van der Waals surface area contributed by atoms with Crippen LogP contribution < -0.4 is 10.6 Å². The van der Waals surface area contributed by atoms with E-state index in [1.54, 1.807) is 20.8 Å². The Bertz CT molecular complexity index is 335. The van der Waals surface area contributed by atoms with Gasteiger partial charge in [-0.3, -0.25) is 0 Å². The van der Waals surface area contributed by atoms with Crippen LogP contribution >= 0.6 is 0 Å². The minimum absolute atomic E-state index is 0.425. The van der Waals surface area contributed by atoms with Crippen LogP contribution in [-0.4, -0.2) is 54.2 Å². The number of carbonyl (C=O) groups excluding carboxylic acids is 1. The van der Waals surface area contributed by atoms with Crippen LogP contribution in [0.4, 0.5) is 4.79 Å². The molecule has 0 aromatic carbocycles. The van der Waals surface area contributed by atoms with E-state index in [-0.39, 0.29) is 0 Å². The van der Waals surface area contributed by atoms with Crippen molar-refractivity contribution in [2.75, 3.05) is 20.1 Å². The molecule has 0 radical (unpaired) electrons. The third-order valence-electron chi connectivity index (χ3n) is 3.31. The normalized spacial score (nSPS) is 17.1. The lowest BCUT2D eigenvalue weighted by Gasteiger charge is -2.28. The molecule has 0 aliphatic heterocycles. The maximum absolute atomic E-state index is 11.7. The molecular weight excluding hydrogens is 246 g/mol. The molecule has 1 aliphatic rings. The first-order valence-electron chi connectivity index (χ1n) is 6.69. The number of nitrogens with one attached hydrogen (secondary N) is 2. The van der Waals surface area contributed by atoms with E-state index in [0.717, 1.165) is 6.54 Å². The first-order valence-corrected chi connectivity index (χ1v) is 6.69. The molecule has 1 saturated carbocycles. The van der Waals surface area contributed by atoms with Crippen molar-refractivity contribution in [2.24, 2.45) is 5.41 Å². The molecule has 110 valence electrons. The Hall–Kier alpha value is -1.30. The molecule has 0 aromatic heterocycles. The third-order valence-corrected chi connectivity index (χ3v) is 3.31. The van der Waals surface area contributed by atoms with Crippen molar-refractivity contribution >= 4 is 12.0 Å². The van der Waals surface area contributed by atoms with Crippen LogP contribution in [0.15, 0.2) is 0 Å². The zero-order chi connectivity index (χ0) is 14.6. The van der Waals surface area contributed by atoms with Crippen LogP contribution in [-0.2, 0) is 4.79 Å². The maximum Gasteiger partial charge on any atom is 0.326 e. The monoisotopic (exact) mass is 271 g/mol. The number of likely N-dealkylation sites (N-methyl/N-ethyl adjacent to an activating group) is 1. The van der Waals surface area contributed by atoms with Gasteiger partial charge in [-0.15, -0.1) is 0 Å². The van der Waals surface area contributed by atoms with Gasteiger partial charge in [0.15, 0.2) is 0 Å². The first kappa shape index (κ1) is 15.8. The molecule has 6 heteroatoms. The highest BCUT2D eigenvalue weighted by molar-refractivity contribution is 5.83. The van der Waals surface area contributed by atoms with Crippen LogP contribution in [0.2, 0.25) is 0 Å². The van der Waals surface area contributed by atoms with E-state index in [1.165, 1.54) is 12.8 Å². The SMILES string of the molecule is CN(CCNC(=O)N[C@H](C(=O)O)C(C)(C)C)C1CC1. The molecule has 0 heterocycles. The number of aliphatic carboxylic acids is 1. The summed E-state index contributed by atoms with van der Waals surface area (Å²) in [6, 6.07) is -0.661. The van der Waals surface area contributed by atoms with Gasteiger partial charge >= 0.3 is 12.0 Å². The fraction of sp³-hybridized carbons (Fsp3) is 0.846. The Morgan fingerprint density at radius 2 is 1.95 bits per heavy atom. The quantitative estimate of drug-likeness (QED) is 0.670. The highest BCUT2D eigenvalue weighted by atomic mass is 16.4. The van der Waals surface area contributed by atoms with Crippen molar-refractivity contribution in [1.82, 2.24) is 15.5 Å². The number of hydrogen-bond donors (Lipinski definition) is 3. The summed E-state index contributed by atoms with van der Waals surface area (Å²) >= 11 is 0. The Labute approximate surface area is 114 Å². The number of carbonyl (C=O) groups is 2. The predicted molar refractivity (Wildman–Crippen MR) is 73.1 cm³/mol. The molecule has 1 fully saturated rings. The van der Waals surface area contributed by atoms with Gasteiger partial charge in [0.2, 0.25) is 0 Å². The smallest absolute Gasteiger partial charge is 0.326 e. The summed E-state index contributed by atoms with van der Waals surface area (Å²) in [6.07, 6.45) is 2.46. The average Bonchev–Trinajstić information content (AvgIpc) is 3.07. The van der Waals surface area contributed by atoms with Gasteiger partial charge < -0.3 is 20.6 Å². The molecule has 3 N–H and O–H groups in total. The maximum atomic E-state index is 11.7. The number of nitrogens with zero attached hydrogens (tertiary/aromatic N) is 1.